The number of carbonyl (C=O) groups excluding carboxylic acids is 1. The summed E-state index contributed by atoms with van der Waals surface area (Å²) < 4.78 is 5.97. The van der Waals surface area contributed by atoms with Gasteiger partial charge in [-0.25, -0.2) is 0 Å². The Hall–Kier alpha value is -1.02. The van der Waals surface area contributed by atoms with Crippen molar-refractivity contribution in [2.45, 2.75) is 45.1 Å². The highest BCUT2D eigenvalue weighted by atomic mass is 35.5. The van der Waals surface area contributed by atoms with E-state index in [2.05, 4.69) is 6.92 Å². The second-order valence-electron chi connectivity index (χ2n) is 4.98. The van der Waals surface area contributed by atoms with E-state index in [0.717, 1.165) is 25.0 Å². The maximum atomic E-state index is 11.0. The zero-order valence-corrected chi connectivity index (χ0v) is 11.5. The summed E-state index contributed by atoms with van der Waals surface area (Å²) in [4.78, 5) is 11.0. The summed E-state index contributed by atoms with van der Waals surface area (Å²) in [6.45, 7) is 2.23. The maximum absolute atomic E-state index is 11.0. The third-order valence-corrected chi connectivity index (χ3v) is 3.94. The molecule has 0 N–H and O–H groups in total. The quantitative estimate of drug-likeness (QED) is 0.750. The normalized spacial score (nSPS) is 23.7. The monoisotopic (exact) mass is 266 g/mol. The van der Waals surface area contributed by atoms with Crippen LogP contribution in [0.25, 0.3) is 0 Å². The zero-order valence-electron chi connectivity index (χ0n) is 10.7. The van der Waals surface area contributed by atoms with Crippen LogP contribution in [0.2, 0.25) is 5.02 Å². The van der Waals surface area contributed by atoms with Gasteiger partial charge in [-0.3, -0.25) is 4.79 Å². The van der Waals surface area contributed by atoms with Crippen molar-refractivity contribution >= 4 is 17.9 Å². The number of hydrogen-bond acceptors (Lipinski definition) is 2. The lowest BCUT2D eigenvalue weighted by Crippen LogP contribution is -2.25. The minimum absolute atomic E-state index is 0.239. The van der Waals surface area contributed by atoms with Crippen molar-refractivity contribution in [3.05, 3.63) is 28.8 Å². The molecule has 0 radical (unpaired) electrons. The van der Waals surface area contributed by atoms with E-state index in [-0.39, 0.29) is 6.10 Å². The van der Waals surface area contributed by atoms with Crippen LogP contribution in [0.5, 0.6) is 5.75 Å². The summed E-state index contributed by atoms with van der Waals surface area (Å²) in [6.07, 6.45) is 6.95. The summed E-state index contributed by atoms with van der Waals surface area (Å²) in [5.41, 5.74) is 0.543. The number of halogens is 1. The Bertz CT molecular complexity index is 417. The van der Waals surface area contributed by atoms with Crippen molar-refractivity contribution in [2.75, 3.05) is 0 Å². The fourth-order valence-electron chi connectivity index (χ4n) is 2.62. The molecule has 1 aromatic carbocycles. The van der Waals surface area contributed by atoms with Crippen molar-refractivity contribution in [3.63, 3.8) is 0 Å². The fourth-order valence-corrected chi connectivity index (χ4v) is 2.80. The van der Waals surface area contributed by atoms with Gasteiger partial charge < -0.3 is 4.74 Å². The average molecular weight is 267 g/mol. The van der Waals surface area contributed by atoms with Crippen molar-refractivity contribution in [2.24, 2.45) is 5.92 Å². The average Bonchev–Trinajstić information content (AvgIpc) is 2.41. The lowest BCUT2D eigenvalue weighted by Gasteiger charge is -2.29. The van der Waals surface area contributed by atoms with Crippen molar-refractivity contribution in [3.8, 4) is 5.75 Å². The van der Waals surface area contributed by atoms with Gasteiger partial charge in [0.25, 0.3) is 0 Å². The Labute approximate surface area is 113 Å². The van der Waals surface area contributed by atoms with Gasteiger partial charge in [0.15, 0.2) is 6.29 Å². The van der Waals surface area contributed by atoms with E-state index in [1.807, 2.05) is 0 Å². The first-order valence-electron chi connectivity index (χ1n) is 6.64. The molecule has 0 amide bonds. The summed E-state index contributed by atoms with van der Waals surface area (Å²) in [5.74, 6) is 1.42. The smallest absolute Gasteiger partial charge is 0.153 e. The Balaban J connectivity index is 2.06. The van der Waals surface area contributed by atoms with Crippen LogP contribution in [0.15, 0.2) is 18.2 Å². The molecule has 98 valence electrons. The number of rotatable bonds is 4. The molecule has 0 aromatic heterocycles. The minimum atomic E-state index is 0.239. The van der Waals surface area contributed by atoms with Crippen LogP contribution in [-0.4, -0.2) is 12.4 Å². The highest BCUT2D eigenvalue weighted by Gasteiger charge is 2.22. The summed E-state index contributed by atoms with van der Waals surface area (Å²) in [5, 5.41) is 0.569. The minimum Gasteiger partial charge on any atom is -0.490 e. The van der Waals surface area contributed by atoms with Gasteiger partial charge in [-0.05, 0) is 43.4 Å². The molecule has 2 atom stereocenters. The van der Waals surface area contributed by atoms with E-state index >= 15 is 0 Å². The van der Waals surface area contributed by atoms with Crippen LogP contribution >= 0.6 is 11.6 Å². The number of hydrogen-bond donors (Lipinski definition) is 0. The Morgan fingerprint density at radius 1 is 1.44 bits per heavy atom. The fraction of sp³-hybridized carbons (Fsp3) is 0.533. The molecular weight excluding hydrogens is 248 g/mol. The maximum Gasteiger partial charge on any atom is 0.153 e. The molecule has 1 aliphatic carbocycles. The van der Waals surface area contributed by atoms with E-state index in [1.165, 1.54) is 19.3 Å². The highest BCUT2D eigenvalue weighted by molar-refractivity contribution is 6.30. The predicted molar refractivity (Wildman–Crippen MR) is 73.5 cm³/mol. The first kappa shape index (κ1) is 13.4. The van der Waals surface area contributed by atoms with E-state index in [1.54, 1.807) is 18.2 Å². The first-order chi connectivity index (χ1) is 8.72. The summed E-state index contributed by atoms with van der Waals surface area (Å²) in [6, 6.07) is 5.22. The largest absolute Gasteiger partial charge is 0.490 e. The SMILES string of the molecule is CCC1CCCC(Oc2ccc(Cl)cc2C=O)C1. The van der Waals surface area contributed by atoms with Gasteiger partial charge >= 0.3 is 0 Å². The van der Waals surface area contributed by atoms with E-state index in [9.17, 15) is 4.79 Å². The number of benzene rings is 1. The van der Waals surface area contributed by atoms with Gasteiger partial charge in [0.1, 0.15) is 5.75 Å². The molecule has 18 heavy (non-hydrogen) atoms. The Morgan fingerprint density at radius 2 is 2.28 bits per heavy atom. The molecule has 0 bridgehead atoms. The van der Waals surface area contributed by atoms with E-state index in [0.29, 0.717) is 16.3 Å². The topological polar surface area (TPSA) is 26.3 Å². The van der Waals surface area contributed by atoms with Gasteiger partial charge in [0.2, 0.25) is 0 Å². The molecule has 2 unspecified atom stereocenters. The molecule has 0 aliphatic heterocycles. The van der Waals surface area contributed by atoms with Gasteiger partial charge in [-0.2, -0.15) is 0 Å². The van der Waals surface area contributed by atoms with E-state index in [4.69, 9.17) is 16.3 Å². The summed E-state index contributed by atoms with van der Waals surface area (Å²) in [7, 11) is 0. The van der Waals surface area contributed by atoms with Crippen molar-refractivity contribution < 1.29 is 9.53 Å². The molecule has 1 aromatic rings. The molecular formula is C15H19ClO2. The van der Waals surface area contributed by atoms with Gasteiger partial charge in [-0.15, -0.1) is 0 Å². The third kappa shape index (κ3) is 3.26. The number of carbonyl (C=O) groups is 1. The first-order valence-corrected chi connectivity index (χ1v) is 7.02. The number of ether oxygens (including phenoxy) is 1. The van der Waals surface area contributed by atoms with Crippen molar-refractivity contribution in [1.82, 2.24) is 0 Å². The molecule has 1 fully saturated rings. The van der Waals surface area contributed by atoms with Gasteiger partial charge in [0, 0.05) is 5.02 Å². The van der Waals surface area contributed by atoms with E-state index < -0.39 is 0 Å². The van der Waals surface area contributed by atoms with Gasteiger partial charge in [-0.1, -0.05) is 31.4 Å². The molecule has 2 nitrogen and oxygen atoms in total. The Kier molecular flexibility index (Phi) is 4.65. The molecule has 2 rings (SSSR count). The number of aldehydes is 1. The second kappa shape index (κ2) is 6.24. The van der Waals surface area contributed by atoms with Crippen LogP contribution in [0.1, 0.15) is 49.4 Å². The molecule has 1 aliphatic rings. The molecule has 1 saturated carbocycles. The van der Waals surface area contributed by atoms with Crippen LogP contribution in [0.3, 0.4) is 0 Å². The van der Waals surface area contributed by atoms with Gasteiger partial charge in [0.05, 0.1) is 11.7 Å². The lowest BCUT2D eigenvalue weighted by atomic mass is 9.85. The van der Waals surface area contributed by atoms with Crippen LogP contribution in [0.4, 0.5) is 0 Å². The van der Waals surface area contributed by atoms with Crippen LogP contribution in [0, 0.1) is 5.92 Å². The van der Waals surface area contributed by atoms with Crippen molar-refractivity contribution in [1.29, 1.82) is 0 Å². The molecule has 3 heteroatoms. The predicted octanol–water partition coefficient (Wildman–Crippen LogP) is 4.50. The lowest BCUT2D eigenvalue weighted by molar-refractivity contribution is 0.108. The highest BCUT2D eigenvalue weighted by Crippen LogP contribution is 2.31. The zero-order chi connectivity index (χ0) is 13.0. The van der Waals surface area contributed by atoms with Crippen LogP contribution in [-0.2, 0) is 0 Å². The molecule has 0 spiro atoms. The Morgan fingerprint density at radius 3 is 3.00 bits per heavy atom. The standard InChI is InChI=1S/C15H19ClO2/c1-2-11-4-3-5-14(8-11)18-15-7-6-13(16)9-12(15)10-17/h6-7,9-11,14H,2-5,8H2,1H3. The second-order valence-corrected chi connectivity index (χ2v) is 5.42. The summed E-state index contributed by atoms with van der Waals surface area (Å²) >= 11 is 5.87. The third-order valence-electron chi connectivity index (χ3n) is 3.70. The molecule has 0 saturated heterocycles. The molecule has 0 heterocycles. The van der Waals surface area contributed by atoms with Crippen LogP contribution < -0.4 is 4.74 Å².